The minimum Gasteiger partial charge on any atom is -0.455 e. The highest BCUT2D eigenvalue weighted by Gasteiger charge is 2.31. The summed E-state index contributed by atoms with van der Waals surface area (Å²) in [4.78, 5) is 44.1. The molecule has 4 aromatic rings. The van der Waals surface area contributed by atoms with Crippen molar-refractivity contribution in [3.05, 3.63) is 66.4 Å². The Labute approximate surface area is 202 Å². The molecule has 1 fully saturated rings. The van der Waals surface area contributed by atoms with Gasteiger partial charge in [0.1, 0.15) is 22.9 Å². The first-order chi connectivity index (χ1) is 16.9. The van der Waals surface area contributed by atoms with Crippen LogP contribution in [0, 0.1) is 0 Å². The van der Waals surface area contributed by atoms with Crippen molar-refractivity contribution >= 4 is 22.7 Å². The monoisotopic (exact) mass is 470 g/mol. The Hall–Kier alpha value is -4.27. The van der Waals surface area contributed by atoms with Gasteiger partial charge in [-0.1, -0.05) is 0 Å². The van der Waals surface area contributed by atoms with Crippen molar-refractivity contribution in [2.75, 3.05) is 20.6 Å². The molecule has 2 amide bonds. The zero-order valence-electron chi connectivity index (χ0n) is 19.9. The van der Waals surface area contributed by atoms with E-state index in [0.717, 1.165) is 47.2 Å². The predicted molar refractivity (Wildman–Crippen MR) is 131 cm³/mol. The van der Waals surface area contributed by atoms with Crippen LogP contribution in [0.25, 0.3) is 22.3 Å². The van der Waals surface area contributed by atoms with Gasteiger partial charge in [-0.25, -0.2) is 4.98 Å². The van der Waals surface area contributed by atoms with Crippen molar-refractivity contribution in [1.82, 2.24) is 29.7 Å². The first-order valence-electron chi connectivity index (χ1n) is 11.5. The van der Waals surface area contributed by atoms with Crippen LogP contribution in [0.1, 0.15) is 41.9 Å². The largest absolute Gasteiger partial charge is 0.455 e. The molecule has 9 nitrogen and oxygen atoms in total. The van der Waals surface area contributed by atoms with Gasteiger partial charge in [0.25, 0.3) is 5.91 Å². The fourth-order valence-electron chi connectivity index (χ4n) is 4.49. The molecular weight excluding hydrogens is 444 g/mol. The van der Waals surface area contributed by atoms with Crippen LogP contribution in [0.4, 0.5) is 0 Å². The molecule has 1 atom stereocenters. The number of hydrogen-bond acceptors (Lipinski definition) is 6. The summed E-state index contributed by atoms with van der Waals surface area (Å²) in [5.74, 6) is 1.02. The van der Waals surface area contributed by atoms with E-state index < -0.39 is 0 Å². The molecule has 1 aliphatic rings. The number of fused-ring (bicyclic) bond motifs is 1. The molecule has 3 aromatic heterocycles. The third-order valence-electron chi connectivity index (χ3n) is 6.20. The number of rotatable bonds is 5. The third-order valence-corrected chi connectivity index (χ3v) is 6.20. The van der Waals surface area contributed by atoms with Gasteiger partial charge in [0.15, 0.2) is 0 Å². The Kier molecular flexibility index (Phi) is 5.90. The van der Waals surface area contributed by atoms with Crippen LogP contribution < -0.4 is 4.74 Å². The van der Waals surface area contributed by atoms with Crippen molar-refractivity contribution in [3.8, 4) is 22.9 Å². The Bertz CT molecular complexity index is 1380. The summed E-state index contributed by atoms with van der Waals surface area (Å²) < 4.78 is 6.30. The highest BCUT2D eigenvalue weighted by molar-refractivity contribution is 5.92. The zero-order valence-corrected chi connectivity index (χ0v) is 19.9. The Morgan fingerprint density at radius 1 is 1.11 bits per heavy atom. The van der Waals surface area contributed by atoms with Gasteiger partial charge < -0.3 is 19.5 Å². The fraction of sp³-hybridized carbons (Fsp3) is 0.269. The van der Waals surface area contributed by atoms with Gasteiger partial charge in [0.05, 0.1) is 24.1 Å². The molecule has 0 aliphatic carbocycles. The number of carbonyl (C=O) groups is 2. The van der Waals surface area contributed by atoms with Crippen LogP contribution in [0.5, 0.6) is 11.5 Å². The quantitative estimate of drug-likeness (QED) is 0.469. The molecule has 9 heteroatoms. The number of aromatic amines is 1. The topological polar surface area (TPSA) is 104 Å². The number of H-pyrrole nitrogens is 1. The number of amides is 2. The Morgan fingerprint density at radius 3 is 2.66 bits per heavy atom. The van der Waals surface area contributed by atoms with Crippen molar-refractivity contribution in [3.63, 3.8) is 0 Å². The van der Waals surface area contributed by atoms with E-state index in [9.17, 15) is 9.59 Å². The number of ether oxygens (including phenoxy) is 1. The molecule has 0 radical (unpaired) electrons. The lowest BCUT2D eigenvalue weighted by Crippen LogP contribution is -2.28. The van der Waals surface area contributed by atoms with Gasteiger partial charge in [-0.15, -0.1) is 0 Å². The number of hydrogen-bond donors (Lipinski definition) is 1. The molecule has 0 saturated carbocycles. The van der Waals surface area contributed by atoms with E-state index in [-0.39, 0.29) is 17.9 Å². The maximum absolute atomic E-state index is 12.3. The van der Waals surface area contributed by atoms with E-state index in [1.165, 1.54) is 4.90 Å². The van der Waals surface area contributed by atoms with Crippen LogP contribution in [0.3, 0.4) is 0 Å². The summed E-state index contributed by atoms with van der Waals surface area (Å²) in [6.07, 6.45) is 8.33. The molecule has 1 saturated heterocycles. The van der Waals surface area contributed by atoms with E-state index in [1.54, 1.807) is 57.9 Å². The molecule has 4 heterocycles. The van der Waals surface area contributed by atoms with Crippen molar-refractivity contribution in [1.29, 1.82) is 0 Å². The molecule has 1 aromatic carbocycles. The second-order valence-electron chi connectivity index (χ2n) is 8.80. The van der Waals surface area contributed by atoms with Crippen molar-refractivity contribution < 1.29 is 14.3 Å². The summed E-state index contributed by atoms with van der Waals surface area (Å²) in [7, 11) is 3.37. The van der Waals surface area contributed by atoms with Crippen LogP contribution in [0.2, 0.25) is 0 Å². The van der Waals surface area contributed by atoms with Crippen molar-refractivity contribution in [2.45, 2.75) is 25.8 Å². The summed E-state index contributed by atoms with van der Waals surface area (Å²) in [5, 5.41) is 0.948. The number of pyridine rings is 1. The van der Waals surface area contributed by atoms with Crippen LogP contribution in [0.15, 0.2) is 55.1 Å². The number of likely N-dealkylation sites (tertiary alicyclic amines) is 1. The standard InChI is InChI=1S/C26H26N6O3/c1-16(33)32-10-4-5-24(32)19-13-21-17(11-22(30-21)23-15-27-8-9-28-23)12-25(19)35-18-6-7-20(29-14-18)26(34)31(2)3/h6-9,11-15,24,30H,4-5,10H2,1-3H3. The maximum Gasteiger partial charge on any atom is 0.271 e. The zero-order chi connectivity index (χ0) is 24.5. The lowest BCUT2D eigenvalue weighted by atomic mass is 10.0. The number of aromatic nitrogens is 4. The lowest BCUT2D eigenvalue weighted by Gasteiger charge is -2.25. The number of nitrogens with zero attached hydrogens (tertiary/aromatic N) is 5. The van der Waals surface area contributed by atoms with E-state index in [1.807, 2.05) is 23.1 Å². The van der Waals surface area contributed by atoms with E-state index >= 15 is 0 Å². The molecule has 0 bridgehead atoms. The average Bonchev–Trinajstić information content (AvgIpc) is 3.51. The molecule has 5 rings (SSSR count). The van der Waals surface area contributed by atoms with Gasteiger partial charge in [-0.05, 0) is 43.2 Å². The Balaban J connectivity index is 1.56. The summed E-state index contributed by atoms with van der Waals surface area (Å²) in [6, 6.07) is 9.32. The minimum atomic E-state index is -0.175. The average molecular weight is 471 g/mol. The number of nitrogens with one attached hydrogen (secondary N) is 1. The number of benzene rings is 1. The second kappa shape index (κ2) is 9.17. The van der Waals surface area contributed by atoms with Gasteiger partial charge in [-0.2, -0.15) is 0 Å². The fourth-order valence-corrected chi connectivity index (χ4v) is 4.49. The van der Waals surface area contributed by atoms with Crippen molar-refractivity contribution in [2.24, 2.45) is 0 Å². The third kappa shape index (κ3) is 4.44. The van der Waals surface area contributed by atoms with Crippen LogP contribution in [-0.4, -0.2) is 62.2 Å². The molecule has 1 unspecified atom stereocenters. The lowest BCUT2D eigenvalue weighted by molar-refractivity contribution is -0.129. The first-order valence-corrected chi connectivity index (χ1v) is 11.5. The van der Waals surface area contributed by atoms with Crippen LogP contribution in [-0.2, 0) is 4.79 Å². The molecule has 1 aliphatic heterocycles. The number of carbonyl (C=O) groups excluding carboxylic acids is 2. The molecule has 178 valence electrons. The second-order valence-corrected chi connectivity index (χ2v) is 8.80. The summed E-state index contributed by atoms with van der Waals surface area (Å²) in [6.45, 7) is 2.32. The first kappa shape index (κ1) is 22.5. The van der Waals surface area contributed by atoms with E-state index in [2.05, 4.69) is 19.9 Å². The van der Waals surface area contributed by atoms with Gasteiger partial charge in [0.2, 0.25) is 5.91 Å². The van der Waals surface area contributed by atoms with Crippen LogP contribution >= 0.6 is 0 Å². The molecule has 1 N–H and O–H groups in total. The smallest absolute Gasteiger partial charge is 0.271 e. The highest BCUT2D eigenvalue weighted by Crippen LogP contribution is 2.41. The minimum absolute atomic E-state index is 0.0403. The molecule has 35 heavy (non-hydrogen) atoms. The van der Waals surface area contributed by atoms with E-state index in [4.69, 9.17) is 4.74 Å². The van der Waals surface area contributed by atoms with E-state index in [0.29, 0.717) is 17.2 Å². The molecule has 0 spiro atoms. The summed E-state index contributed by atoms with van der Waals surface area (Å²) >= 11 is 0. The van der Waals surface area contributed by atoms with Gasteiger partial charge >= 0.3 is 0 Å². The molecular formula is C26H26N6O3. The highest BCUT2D eigenvalue weighted by atomic mass is 16.5. The van der Waals surface area contributed by atoms with Gasteiger partial charge in [-0.3, -0.25) is 19.6 Å². The Morgan fingerprint density at radius 2 is 1.97 bits per heavy atom. The maximum atomic E-state index is 12.3. The normalized spacial score (nSPS) is 15.4. The SMILES string of the molecule is CC(=O)N1CCCC1c1cc2[nH]c(-c3cnccn3)cc2cc1Oc1ccc(C(=O)N(C)C)nc1. The predicted octanol–water partition coefficient (Wildman–Crippen LogP) is 4.20. The van der Waals surface area contributed by atoms with Gasteiger partial charge in [0, 0.05) is 56.4 Å². The summed E-state index contributed by atoms with van der Waals surface area (Å²) in [5.41, 5.74) is 3.78.